The minimum absolute atomic E-state index is 0.0226. The van der Waals surface area contributed by atoms with Gasteiger partial charge in [0.25, 0.3) is 0 Å². The van der Waals surface area contributed by atoms with Gasteiger partial charge in [0.15, 0.2) is 5.69 Å². The maximum absolute atomic E-state index is 11.4. The highest BCUT2D eigenvalue weighted by molar-refractivity contribution is 7.09. The molecule has 94 valence electrons. The third kappa shape index (κ3) is 4.92. The summed E-state index contributed by atoms with van der Waals surface area (Å²) in [5, 5.41) is 16.4. The molecule has 0 unspecified atom stereocenters. The molecule has 0 aromatic carbocycles. The van der Waals surface area contributed by atoms with Gasteiger partial charge in [-0.05, 0) is 20.0 Å². The first kappa shape index (κ1) is 13.6. The van der Waals surface area contributed by atoms with Gasteiger partial charge < -0.3 is 15.7 Å². The number of amides is 1. The summed E-state index contributed by atoms with van der Waals surface area (Å²) < 4.78 is 0. The summed E-state index contributed by atoms with van der Waals surface area (Å²) in [5.41, 5.74) is 0.0226. The third-order valence-corrected chi connectivity index (χ3v) is 2.89. The molecule has 3 N–H and O–H groups in total. The molecule has 6 nitrogen and oxygen atoms in total. The van der Waals surface area contributed by atoms with Crippen LogP contribution in [-0.4, -0.2) is 35.6 Å². The Morgan fingerprint density at radius 3 is 2.88 bits per heavy atom. The van der Waals surface area contributed by atoms with E-state index in [-0.39, 0.29) is 18.1 Å². The van der Waals surface area contributed by atoms with E-state index in [9.17, 15) is 9.59 Å². The molecule has 0 aliphatic carbocycles. The molecule has 17 heavy (non-hydrogen) atoms. The van der Waals surface area contributed by atoms with Crippen molar-refractivity contribution in [3.8, 4) is 0 Å². The fourth-order valence-electron chi connectivity index (χ4n) is 1.18. The number of aromatic carboxylic acids is 1. The van der Waals surface area contributed by atoms with E-state index in [4.69, 9.17) is 5.11 Å². The van der Waals surface area contributed by atoms with Crippen LogP contribution in [0.25, 0.3) is 0 Å². The molecule has 0 fully saturated rings. The molecule has 1 rings (SSSR count). The van der Waals surface area contributed by atoms with Gasteiger partial charge >= 0.3 is 5.97 Å². The van der Waals surface area contributed by atoms with Crippen LogP contribution in [0, 0.1) is 0 Å². The second-order valence-electron chi connectivity index (χ2n) is 3.42. The smallest absolute Gasteiger partial charge is 0.355 e. The Hall–Kier alpha value is -1.47. The summed E-state index contributed by atoms with van der Waals surface area (Å²) >= 11 is 1.23. The van der Waals surface area contributed by atoms with E-state index in [0.29, 0.717) is 11.4 Å². The topological polar surface area (TPSA) is 91.3 Å². The van der Waals surface area contributed by atoms with Gasteiger partial charge in [0.05, 0.1) is 6.54 Å². The van der Waals surface area contributed by atoms with Crippen molar-refractivity contribution in [3.05, 3.63) is 16.1 Å². The first-order valence-corrected chi connectivity index (χ1v) is 6.10. The number of thiazole rings is 1. The summed E-state index contributed by atoms with van der Waals surface area (Å²) in [6.07, 6.45) is 1.23. The molecule has 1 amide bonds. The van der Waals surface area contributed by atoms with Crippen LogP contribution >= 0.6 is 11.3 Å². The number of rotatable bonds is 7. The zero-order valence-electron chi connectivity index (χ0n) is 9.52. The number of carboxylic acid groups (broad SMARTS) is 1. The zero-order chi connectivity index (χ0) is 12.7. The van der Waals surface area contributed by atoms with Gasteiger partial charge in [-0.15, -0.1) is 11.3 Å². The van der Waals surface area contributed by atoms with E-state index in [1.807, 2.05) is 7.05 Å². The molecule has 1 aromatic heterocycles. The maximum Gasteiger partial charge on any atom is 0.355 e. The molecule has 0 radical (unpaired) electrons. The Kier molecular flexibility index (Phi) is 5.58. The van der Waals surface area contributed by atoms with Crippen molar-refractivity contribution in [3.63, 3.8) is 0 Å². The Morgan fingerprint density at radius 1 is 1.53 bits per heavy atom. The highest BCUT2D eigenvalue weighted by atomic mass is 32.1. The van der Waals surface area contributed by atoms with Gasteiger partial charge in [-0.3, -0.25) is 4.79 Å². The van der Waals surface area contributed by atoms with Crippen LogP contribution in [0.2, 0.25) is 0 Å². The SMILES string of the molecule is CNCCCC(=O)NCc1nc(C(=O)O)cs1. The molecular formula is C10H15N3O3S. The van der Waals surface area contributed by atoms with E-state index in [0.717, 1.165) is 13.0 Å². The standard InChI is InChI=1S/C10H15N3O3S/c1-11-4-2-3-8(14)12-5-9-13-7(6-17-9)10(15)16/h6,11H,2-5H2,1H3,(H,12,14)(H,15,16). The number of nitrogens with zero attached hydrogens (tertiary/aromatic N) is 1. The lowest BCUT2D eigenvalue weighted by Gasteiger charge is -2.02. The quantitative estimate of drug-likeness (QED) is 0.617. The summed E-state index contributed by atoms with van der Waals surface area (Å²) in [5.74, 6) is -1.10. The molecule has 0 aliphatic heterocycles. The van der Waals surface area contributed by atoms with Crippen LogP contribution in [0.4, 0.5) is 0 Å². The first-order valence-electron chi connectivity index (χ1n) is 5.22. The van der Waals surface area contributed by atoms with Crippen molar-refractivity contribution in [1.29, 1.82) is 0 Å². The van der Waals surface area contributed by atoms with Crippen LogP contribution in [0.15, 0.2) is 5.38 Å². The minimum atomic E-state index is -1.05. The summed E-state index contributed by atoms with van der Waals surface area (Å²) in [4.78, 5) is 25.8. The number of carbonyl (C=O) groups excluding carboxylic acids is 1. The lowest BCUT2D eigenvalue weighted by molar-refractivity contribution is -0.121. The normalized spacial score (nSPS) is 10.2. The van der Waals surface area contributed by atoms with Crippen LogP contribution in [-0.2, 0) is 11.3 Å². The number of carboxylic acids is 1. The molecule has 0 bridgehead atoms. The van der Waals surface area contributed by atoms with E-state index < -0.39 is 5.97 Å². The second-order valence-corrected chi connectivity index (χ2v) is 4.36. The Morgan fingerprint density at radius 2 is 2.29 bits per heavy atom. The summed E-state index contributed by atoms with van der Waals surface area (Å²) in [7, 11) is 1.83. The zero-order valence-corrected chi connectivity index (χ0v) is 10.3. The van der Waals surface area contributed by atoms with Crippen molar-refractivity contribution >= 4 is 23.2 Å². The molecule has 1 aromatic rings. The number of hydrogen-bond acceptors (Lipinski definition) is 5. The predicted octanol–water partition coefficient (Wildman–Crippen LogP) is 0.457. The van der Waals surface area contributed by atoms with Crippen LogP contribution < -0.4 is 10.6 Å². The van der Waals surface area contributed by atoms with Gasteiger partial charge in [-0.1, -0.05) is 0 Å². The van der Waals surface area contributed by atoms with Gasteiger partial charge in [0.2, 0.25) is 5.91 Å². The highest BCUT2D eigenvalue weighted by Gasteiger charge is 2.09. The van der Waals surface area contributed by atoms with Gasteiger partial charge in [0, 0.05) is 11.8 Å². The average molecular weight is 257 g/mol. The molecule has 1 heterocycles. The second kappa shape index (κ2) is 6.97. The van der Waals surface area contributed by atoms with Crippen molar-refractivity contribution in [2.75, 3.05) is 13.6 Å². The fourth-order valence-corrected chi connectivity index (χ4v) is 1.89. The number of hydrogen-bond donors (Lipinski definition) is 3. The molecule has 0 spiro atoms. The minimum Gasteiger partial charge on any atom is -0.476 e. The molecule has 7 heteroatoms. The van der Waals surface area contributed by atoms with E-state index in [1.54, 1.807) is 0 Å². The Bertz CT molecular complexity index is 392. The summed E-state index contributed by atoms with van der Waals surface area (Å²) in [6, 6.07) is 0. The third-order valence-electron chi connectivity index (χ3n) is 2.04. The van der Waals surface area contributed by atoms with E-state index >= 15 is 0 Å². The van der Waals surface area contributed by atoms with Crippen molar-refractivity contribution in [1.82, 2.24) is 15.6 Å². The lowest BCUT2D eigenvalue weighted by Crippen LogP contribution is -2.23. The average Bonchev–Trinajstić information content (AvgIpc) is 2.75. The number of aromatic nitrogens is 1. The van der Waals surface area contributed by atoms with Crippen molar-refractivity contribution in [2.45, 2.75) is 19.4 Å². The monoisotopic (exact) mass is 257 g/mol. The van der Waals surface area contributed by atoms with Crippen molar-refractivity contribution < 1.29 is 14.7 Å². The predicted molar refractivity (Wildman–Crippen MR) is 64.1 cm³/mol. The fraction of sp³-hybridized carbons (Fsp3) is 0.500. The lowest BCUT2D eigenvalue weighted by atomic mass is 10.3. The molecule has 0 aliphatic rings. The van der Waals surface area contributed by atoms with Crippen LogP contribution in [0.5, 0.6) is 0 Å². The van der Waals surface area contributed by atoms with Crippen molar-refractivity contribution in [2.24, 2.45) is 0 Å². The molecule has 0 saturated carbocycles. The molecule has 0 saturated heterocycles. The summed E-state index contributed by atoms with van der Waals surface area (Å²) in [6.45, 7) is 1.09. The first-order chi connectivity index (χ1) is 8.13. The van der Waals surface area contributed by atoms with Gasteiger partial charge in [-0.25, -0.2) is 9.78 Å². The maximum atomic E-state index is 11.4. The van der Waals surface area contributed by atoms with Crippen LogP contribution in [0.1, 0.15) is 28.3 Å². The van der Waals surface area contributed by atoms with E-state index in [1.165, 1.54) is 16.7 Å². The highest BCUT2D eigenvalue weighted by Crippen LogP contribution is 2.09. The Balaban J connectivity index is 2.29. The van der Waals surface area contributed by atoms with Crippen LogP contribution in [0.3, 0.4) is 0 Å². The molecule has 0 atom stereocenters. The molecular weight excluding hydrogens is 242 g/mol. The van der Waals surface area contributed by atoms with E-state index in [2.05, 4.69) is 15.6 Å². The Labute approximate surface area is 103 Å². The number of carbonyl (C=O) groups is 2. The van der Waals surface area contributed by atoms with Gasteiger partial charge in [0.1, 0.15) is 5.01 Å². The largest absolute Gasteiger partial charge is 0.476 e. The van der Waals surface area contributed by atoms with Gasteiger partial charge in [-0.2, -0.15) is 0 Å². The number of nitrogens with one attached hydrogen (secondary N) is 2.